The van der Waals surface area contributed by atoms with Crippen molar-refractivity contribution in [1.29, 1.82) is 0 Å². The van der Waals surface area contributed by atoms with Crippen LogP contribution in [0.4, 0.5) is 0 Å². The number of hydrogen-bond donors (Lipinski definition) is 2. The van der Waals surface area contributed by atoms with Gasteiger partial charge in [-0.3, -0.25) is 0 Å². The molecule has 0 amide bonds. The Morgan fingerprint density at radius 2 is 1.87 bits per heavy atom. The fraction of sp³-hybridized carbons (Fsp3) is 0.591. The van der Waals surface area contributed by atoms with Crippen molar-refractivity contribution in [3.8, 4) is 0 Å². The molecule has 30 heavy (non-hydrogen) atoms. The standard InChI is InChI=1S/C22H36N6O.HI/c1-7-18-9-11-19(12-10-18)22(3,4)16-25-21(23-13-8-14-29-6)24-15-20-27-26-17(2)28(20)5;/h9-12H,7-8,13-16H2,1-6H3,(H2,23,24,25);1H. The van der Waals surface area contributed by atoms with Crippen LogP contribution in [0.3, 0.4) is 0 Å². The SMILES string of the molecule is CCc1ccc(C(C)(C)CNC(=NCc2nnc(C)n2C)NCCCOC)cc1.I. The summed E-state index contributed by atoms with van der Waals surface area (Å²) in [6.45, 7) is 11.4. The van der Waals surface area contributed by atoms with Gasteiger partial charge in [-0.25, -0.2) is 4.99 Å². The van der Waals surface area contributed by atoms with Gasteiger partial charge in [0.15, 0.2) is 11.8 Å². The molecule has 2 aromatic rings. The van der Waals surface area contributed by atoms with E-state index in [0.29, 0.717) is 6.54 Å². The van der Waals surface area contributed by atoms with E-state index in [1.807, 2.05) is 18.5 Å². The van der Waals surface area contributed by atoms with E-state index in [0.717, 1.165) is 50.1 Å². The number of aryl methyl sites for hydroxylation is 2. The number of nitrogens with zero attached hydrogens (tertiary/aromatic N) is 4. The van der Waals surface area contributed by atoms with Gasteiger partial charge in [0.1, 0.15) is 12.4 Å². The number of rotatable bonds is 10. The summed E-state index contributed by atoms with van der Waals surface area (Å²) in [5, 5.41) is 15.2. The van der Waals surface area contributed by atoms with Gasteiger partial charge in [-0.15, -0.1) is 34.2 Å². The largest absolute Gasteiger partial charge is 0.385 e. The molecular formula is C22H37IN6O. The first-order valence-corrected chi connectivity index (χ1v) is 10.3. The minimum absolute atomic E-state index is 0. The maximum Gasteiger partial charge on any atom is 0.191 e. The maximum atomic E-state index is 5.14. The van der Waals surface area contributed by atoms with E-state index >= 15 is 0 Å². The van der Waals surface area contributed by atoms with Crippen LogP contribution in [0, 0.1) is 6.92 Å². The molecule has 7 nitrogen and oxygen atoms in total. The van der Waals surface area contributed by atoms with Crippen molar-refractivity contribution < 1.29 is 4.74 Å². The summed E-state index contributed by atoms with van der Waals surface area (Å²) in [5.74, 6) is 2.50. The Morgan fingerprint density at radius 1 is 1.17 bits per heavy atom. The summed E-state index contributed by atoms with van der Waals surface area (Å²) in [7, 11) is 3.68. The molecule has 168 valence electrons. The second-order valence-electron chi connectivity index (χ2n) is 7.95. The number of aliphatic imine (C=N–C) groups is 1. The van der Waals surface area contributed by atoms with E-state index < -0.39 is 0 Å². The third kappa shape index (κ3) is 7.86. The monoisotopic (exact) mass is 528 g/mol. The third-order valence-corrected chi connectivity index (χ3v) is 5.22. The van der Waals surface area contributed by atoms with Gasteiger partial charge < -0.3 is 19.9 Å². The number of benzene rings is 1. The van der Waals surface area contributed by atoms with E-state index in [1.54, 1.807) is 7.11 Å². The highest BCUT2D eigenvalue weighted by Crippen LogP contribution is 2.22. The van der Waals surface area contributed by atoms with Crippen molar-refractivity contribution in [1.82, 2.24) is 25.4 Å². The quantitative estimate of drug-likeness (QED) is 0.214. The van der Waals surface area contributed by atoms with E-state index in [-0.39, 0.29) is 29.4 Å². The summed E-state index contributed by atoms with van der Waals surface area (Å²) in [4.78, 5) is 4.72. The van der Waals surface area contributed by atoms with Crippen LogP contribution in [0.15, 0.2) is 29.3 Å². The number of halogens is 1. The minimum Gasteiger partial charge on any atom is -0.385 e. The van der Waals surface area contributed by atoms with Crippen LogP contribution in [0.1, 0.15) is 50.0 Å². The average molecular weight is 528 g/mol. The predicted octanol–water partition coefficient (Wildman–Crippen LogP) is 3.35. The molecule has 1 aromatic carbocycles. The molecule has 2 N–H and O–H groups in total. The molecule has 0 spiro atoms. The van der Waals surface area contributed by atoms with Crippen molar-refractivity contribution in [3.05, 3.63) is 47.0 Å². The molecule has 1 aromatic heterocycles. The van der Waals surface area contributed by atoms with E-state index in [4.69, 9.17) is 9.73 Å². The molecule has 0 atom stereocenters. The first kappa shape index (κ1) is 26.4. The minimum atomic E-state index is -0.0252. The summed E-state index contributed by atoms with van der Waals surface area (Å²) in [5.41, 5.74) is 2.64. The van der Waals surface area contributed by atoms with Gasteiger partial charge in [-0.2, -0.15) is 0 Å². The van der Waals surface area contributed by atoms with Crippen LogP contribution >= 0.6 is 24.0 Å². The van der Waals surface area contributed by atoms with Gasteiger partial charge in [0.2, 0.25) is 0 Å². The maximum absolute atomic E-state index is 5.14. The molecular weight excluding hydrogens is 491 g/mol. The summed E-state index contributed by atoms with van der Waals surface area (Å²) >= 11 is 0. The van der Waals surface area contributed by atoms with E-state index in [2.05, 4.69) is 65.9 Å². The zero-order chi connectivity index (χ0) is 21.3. The molecule has 0 saturated heterocycles. The van der Waals surface area contributed by atoms with Crippen molar-refractivity contribution in [2.75, 3.05) is 26.8 Å². The summed E-state index contributed by atoms with van der Waals surface area (Å²) in [6.07, 6.45) is 1.98. The molecule has 0 aliphatic heterocycles. The Kier molecular flexibility index (Phi) is 11.3. The number of aromatic nitrogens is 3. The first-order chi connectivity index (χ1) is 13.9. The number of methoxy groups -OCH3 is 1. The normalized spacial score (nSPS) is 11.9. The van der Waals surface area contributed by atoms with Crippen molar-refractivity contribution in [2.45, 2.75) is 52.5 Å². The molecule has 1 heterocycles. The lowest BCUT2D eigenvalue weighted by atomic mass is 9.84. The molecule has 0 fully saturated rings. The van der Waals surface area contributed by atoms with Crippen molar-refractivity contribution in [2.24, 2.45) is 12.0 Å². The van der Waals surface area contributed by atoms with Gasteiger partial charge >= 0.3 is 0 Å². The van der Waals surface area contributed by atoms with Crippen LogP contribution in [0.2, 0.25) is 0 Å². The van der Waals surface area contributed by atoms with Crippen LogP contribution in [0.5, 0.6) is 0 Å². The van der Waals surface area contributed by atoms with E-state index in [1.165, 1.54) is 11.1 Å². The van der Waals surface area contributed by atoms with Gasteiger partial charge in [0.05, 0.1) is 0 Å². The Labute approximate surface area is 198 Å². The van der Waals surface area contributed by atoms with Gasteiger partial charge in [0.25, 0.3) is 0 Å². The highest BCUT2D eigenvalue weighted by atomic mass is 127. The Balaban J connectivity index is 0.00000450. The molecule has 0 bridgehead atoms. The Hall–Kier alpha value is -1.68. The second-order valence-corrected chi connectivity index (χ2v) is 7.95. The Morgan fingerprint density at radius 3 is 2.43 bits per heavy atom. The van der Waals surface area contributed by atoms with Crippen LogP contribution in [-0.4, -0.2) is 47.5 Å². The van der Waals surface area contributed by atoms with Crippen molar-refractivity contribution >= 4 is 29.9 Å². The number of ether oxygens (including phenoxy) is 1. The summed E-state index contributed by atoms with van der Waals surface area (Å²) in [6, 6.07) is 8.88. The second kappa shape index (κ2) is 12.9. The molecule has 0 saturated carbocycles. The fourth-order valence-corrected chi connectivity index (χ4v) is 2.93. The third-order valence-electron chi connectivity index (χ3n) is 5.22. The molecule has 8 heteroatoms. The van der Waals surface area contributed by atoms with Crippen LogP contribution in [-0.2, 0) is 30.2 Å². The van der Waals surface area contributed by atoms with Gasteiger partial charge in [-0.1, -0.05) is 45.0 Å². The number of nitrogens with one attached hydrogen (secondary N) is 2. The van der Waals surface area contributed by atoms with Crippen LogP contribution in [0.25, 0.3) is 0 Å². The average Bonchev–Trinajstić information content (AvgIpc) is 3.04. The van der Waals surface area contributed by atoms with Crippen LogP contribution < -0.4 is 10.6 Å². The molecule has 0 unspecified atom stereocenters. The first-order valence-electron chi connectivity index (χ1n) is 10.3. The highest BCUT2D eigenvalue weighted by Gasteiger charge is 2.21. The summed E-state index contributed by atoms with van der Waals surface area (Å²) < 4.78 is 7.10. The lowest BCUT2D eigenvalue weighted by Gasteiger charge is -2.27. The smallest absolute Gasteiger partial charge is 0.191 e. The predicted molar refractivity (Wildman–Crippen MR) is 134 cm³/mol. The number of guanidine groups is 1. The lowest BCUT2D eigenvalue weighted by molar-refractivity contribution is 0.195. The number of hydrogen-bond acceptors (Lipinski definition) is 4. The van der Waals surface area contributed by atoms with Gasteiger partial charge in [-0.05, 0) is 30.9 Å². The topological polar surface area (TPSA) is 76.4 Å². The molecule has 2 rings (SSSR count). The zero-order valence-corrected chi connectivity index (χ0v) is 21.5. The molecule has 0 aliphatic carbocycles. The van der Waals surface area contributed by atoms with Gasteiger partial charge in [0, 0.05) is 39.3 Å². The molecule has 0 aliphatic rings. The van der Waals surface area contributed by atoms with Crippen molar-refractivity contribution in [3.63, 3.8) is 0 Å². The zero-order valence-electron chi connectivity index (χ0n) is 19.2. The fourth-order valence-electron chi connectivity index (χ4n) is 2.93. The Bertz CT molecular complexity index is 785. The highest BCUT2D eigenvalue weighted by molar-refractivity contribution is 14.0. The molecule has 0 radical (unpaired) electrons. The van der Waals surface area contributed by atoms with E-state index in [9.17, 15) is 0 Å². The lowest BCUT2D eigenvalue weighted by Crippen LogP contribution is -2.44.